The van der Waals surface area contributed by atoms with E-state index in [1.165, 1.54) is 18.9 Å². The van der Waals surface area contributed by atoms with Crippen molar-refractivity contribution in [2.45, 2.75) is 30.6 Å². The first-order valence-corrected chi connectivity index (χ1v) is 6.80. The molecule has 1 heterocycles. The van der Waals surface area contributed by atoms with E-state index < -0.39 is 11.6 Å². The van der Waals surface area contributed by atoms with Crippen LogP contribution in [0.25, 0.3) is 0 Å². The van der Waals surface area contributed by atoms with E-state index in [4.69, 9.17) is 5.84 Å². The second-order valence-corrected chi connectivity index (χ2v) is 5.57. The molecule has 2 atom stereocenters. The molecular weight excluding hydrogens is 242 g/mol. The molecule has 1 aliphatic rings. The summed E-state index contributed by atoms with van der Waals surface area (Å²) in [5.41, 5.74) is 3.44. The maximum Gasteiger partial charge on any atom is 0.159 e. The second kappa shape index (κ2) is 5.80. The van der Waals surface area contributed by atoms with Crippen molar-refractivity contribution in [3.05, 3.63) is 35.4 Å². The van der Waals surface area contributed by atoms with Crippen LogP contribution in [0, 0.1) is 11.6 Å². The summed E-state index contributed by atoms with van der Waals surface area (Å²) in [7, 11) is 0. The van der Waals surface area contributed by atoms with E-state index in [-0.39, 0.29) is 6.04 Å². The van der Waals surface area contributed by atoms with Gasteiger partial charge in [0.05, 0.1) is 6.04 Å². The minimum Gasteiger partial charge on any atom is -0.271 e. The maximum atomic E-state index is 13.2. The van der Waals surface area contributed by atoms with Crippen LogP contribution in [0.4, 0.5) is 8.78 Å². The van der Waals surface area contributed by atoms with E-state index in [2.05, 4.69) is 5.43 Å². The summed E-state index contributed by atoms with van der Waals surface area (Å²) in [5, 5.41) is 0.332. The first-order valence-electron chi connectivity index (χ1n) is 5.75. The third-order valence-corrected chi connectivity index (χ3v) is 4.53. The Labute approximate surface area is 104 Å². The van der Waals surface area contributed by atoms with Gasteiger partial charge in [-0.15, -0.1) is 0 Å². The lowest BCUT2D eigenvalue weighted by Gasteiger charge is -2.29. The van der Waals surface area contributed by atoms with Gasteiger partial charge < -0.3 is 0 Å². The Kier molecular flexibility index (Phi) is 4.36. The van der Waals surface area contributed by atoms with Gasteiger partial charge in [-0.1, -0.05) is 12.5 Å². The standard InChI is InChI=1S/C12H16F2N2S/c13-9-5-4-8(7-10(9)14)12(16-15)11-3-1-2-6-17-11/h4-5,7,11-12,16H,1-3,6,15H2. The lowest BCUT2D eigenvalue weighted by Crippen LogP contribution is -2.36. The SMILES string of the molecule is NNC(c1ccc(F)c(F)c1)C1CCCCS1. The van der Waals surface area contributed by atoms with E-state index in [0.717, 1.165) is 18.2 Å². The van der Waals surface area contributed by atoms with Gasteiger partial charge in [0, 0.05) is 5.25 Å². The predicted molar refractivity (Wildman–Crippen MR) is 66.5 cm³/mol. The zero-order valence-corrected chi connectivity index (χ0v) is 10.3. The van der Waals surface area contributed by atoms with Crippen LogP contribution in [0.2, 0.25) is 0 Å². The van der Waals surface area contributed by atoms with Gasteiger partial charge in [-0.2, -0.15) is 11.8 Å². The predicted octanol–water partition coefficient (Wildman–Crippen LogP) is 2.75. The van der Waals surface area contributed by atoms with Crippen molar-refractivity contribution >= 4 is 11.8 Å². The normalized spacial score (nSPS) is 22.4. The van der Waals surface area contributed by atoms with E-state index >= 15 is 0 Å². The lowest BCUT2D eigenvalue weighted by atomic mass is 10.00. The lowest BCUT2D eigenvalue weighted by molar-refractivity contribution is 0.477. The number of thioether (sulfide) groups is 1. The summed E-state index contributed by atoms with van der Waals surface area (Å²) in [5.74, 6) is 5.01. The molecule has 1 fully saturated rings. The van der Waals surface area contributed by atoms with Crippen LogP contribution >= 0.6 is 11.8 Å². The Balaban J connectivity index is 2.18. The molecule has 1 aliphatic heterocycles. The van der Waals surface area contributed by atoms with Crippen LogP contribution in [-0.4, -0.2) is 11.0 Å². The number of benzene rings is 1. The molecular formula is C12H16F2N2S. The Hall–Kier alpha value is -0.650. The van der Waals surface area contributed by atoms with Crippen molar-refractivity contribution in [3.8, 4) is 0 Å². The fourth-order valence-corrected chi connectivity index (χ4v) is 3.59. The van der Waals surface area contributed by atoms with Crippen molar-refractivity contribution in [3.63, 3.8) is 0 Å². The van der Waals surface area contributed by atoms with Gasteiger partial charge in [-0.3, -0.25) is 11.3 Å². The molecule has 3 N–H and O–H groups in total. The summed E-state index contributed by atoms with van der Waals surface area (Å²) < 4.78 is 26.1. The van der Waals surface area contributed by atoms with Crippen molar-refractivity contribution < 1.29 is 8.78 Å². The summed E-state index contributed by atoms with van der Waals surface area (Å²) in [6.45, 7) is 0. The first-order chi connectivity index (χ1) is 8.22. The van der Waals surface area contributed by atoms with Crippen LogP contribution in [0.15, 0.2) is 18.2 Å². The number of nitrogens with one attached hydrogen (secondary N) is 1. The van der Waals surface area contributed by atoms with Gasteiger partial charge in [0.2, 0.25) is 0 Å². The number of nitrogens with two attached hydrogens (primary N) is 1. The third kappa shape index (κ3) is 2.97. The Morgan fingerprint density at radius 3 is 2.71 bits per heavy atom. The first kappa shape index (κ1) is 12.8. The fraction of sp³-hybridized carbons (Fsp3) is 0.500. The molecule has 1 aromatic carbocycles. The zero-order valence-electron chi connectivity index (χ0n) is 9.46. The number of hydrazine groups is 1. The largest absolute Gasteiger partial charge is 0.271 e. The topological polar surface area (TPSA) is 38.0 Å². The molecule has 0 saturated carbocycles. The van der Waals surface area contributed by atoms with Gasteiger partial charge >= 0.3 is 0 Å². The molecule has 2 nitrogen and oxygen atoms in total. The summed E-state index contributed by atoms with van der Waals surface area (Å²) in [4.78, 5) is 0. The van der Waals surface area contributed by atoms with Crippen molar-refractivity contribution in [2.75, 3.05) is 5.75 Å². The maximum absolute atomic E-state index is 13.2. The van der Waals surface area contributed by atoms with Crippen molar-refractivity contribution in [2.24, 2.45) is 5.84 Å². The second-order valence-electron chi connectivity index (χ2n) is 4.22. The van der Waals surface area contributed by atoms with Crippen LogP contribution in [0.3, 0.4) is 0 Å². The molecule has 17 heavy (non-hydrogen) atoms. The molecule has 5 heteroatoms. The van der Waals surface area contributed by atoms with Crippen molar-refractivity contribution in [1.82, 2.24) is 5.43 Å². The number of hydrogen-bond acceptors (Lipinski definition) is 3. The molecule has 0 aromatic heterocycles. The fourth-order valence-electron chi connectivity index (χ4n) is 2.15. The molecule has 0 bridgehead atoms. The Bertz CT molecular complexity index is 381. The number of rotatable bonds is 3. The smallest absolute Gasteiger partial charge is 0.159 e. The van der Waals surface area contributed by atoms with E-state index in [1.807, 2.05) is 11.8 Å². The zero-order chi connectivity index (χ0) is 12.3. The molecule has 0 radical (unpaired) electrons. The Morgan fingerprint density at radius 2 is 2.12 bits per heavy atom. The average molecular weight is 258 g/mol. The highest BCUT2D eigenvalue weighted by Crippen LogP contribution is 2.34. The minimum absolute atomic E-state index is 0.115. The number of halogens is 2. The quantitative estimate of drug-likeness (QED) is 0.646. The van der Waals surface area contributed by atoms with Crippen molar-refractivity contribution in [1.29, 1.82) is 0 Å². The van der Waals surface area contributed by atoms with E-state index in [1.54, 1.807) is 6.07 Å². The van der Waals surface area contributed by atoms with Crippen LogP contribution < -0.4 is 11.3 Å². The summed E-state index contributed by atoms with van der Waals surface area (Å²) in [6, 6.07) is 3.87. The van der Waals surface area contributed by atoms with Gasteiger partial charge in [0.1, 0.15) is 0 Å². The molecule has 2 unspecified atom stereocenters. The summed E-state index contributed by atoms with van der Waals surface area (Å²) in [6.07, 6.45) is 3.44. The monoisotopic (exact) mass is 258 g/mol. The van der Waals surface area contributed by atoms with Gasteiger partial charge in [-0.25, -0.2) is 8.78 Å². The van der Waals surface area contributed by atoms with Gasteiger partial charge in [0.15, 0.2) is 11.6 Å². The van der Waals surface area contributed by atoms with Gasteiger partial charge in [-0.05, 0) is 36.3 Å². The molecule has 94 valence electrons. The van der Waals surface area contributed by atoms with E-state index in [0.29, 0.717) is 10.8 Å². The van der Waals surface area contributed by atoms with Gasteiger partial charge in [0.25, 0.3) is 0 Å². The van der Waals surface area contributed by atoms with Crippen LogP contribution in [-0.2, 0) is 0 Å². The Morgan fingerprint density at radius 1 is 1.29 bits per heavy atom. The average Bonchev–Trinajstić information content (AvgIpc) is 2.36. The third-order valence-electron chi connectivity index (χ3n) is 3.07. The van der Waals surface area contributed by atoms with Crippen LogP contribution in [0.1, 0.15) is 30.9 Å². The molecule has 0 spiro atoms. The molecule has 2 rings (SSSR count). The number of hydrogen-bond donors (Lipinski definition) is 2. The summed E-state index contributed by atoms with van der Waals surface area (Å²) >= 11 is 1.84. The molecule has 1 saturated heterocycles. The highest BCUT2D eigenvalue weighted by molar-refractivity contribution is 8.00. The van der Waals surface area contributed by atoms with Crippen LogP contribution in [0.5, 0.6) is 0 Å². The highest BCUT2D eigenvalue weighted by atomic mass is 32.2. The molecule has 0 amide bonds. The minimum atomic E-state index is -0.819. The molecule has 0 aliphatic carbocycles. The molecule has 1 aromatic rings. The highest BCUT2D eigenvalue weighted by Gasteiger charge is 2.25. The van der Waals surface area contributed by atoms with E-state index in [9.17, 15) is 8.78 Å².